The van der Waals surface area contributed by atoms with E-state index in [1.165, 1.54) is 6.07 Å². The van der Waals surface area contributed by atoms with Gasteiger partial charge in [0.05, 0.1) is 11.4 Å². The maximum absolute atomic E-state index is 12.2. The summed E-state index contributed by atoms with van der Waals surface area (Å²) in [5.41, 5.74) is 2.71. The predicted molar refractivity (Wildman–Crippen MR) is 112 cm³/mol. The first-order valence-corrected chi connectivity index (χ1v) is 10.9. The average Bonchev–Trinajstić information content (AvgIpc) is 2.64. The summed E-state index contributed by atoms with van der Waals surface area (Å²) < 4.78 is 27.3. The smallest absolute Gasteiger partial charge is 0.243 e. The number of benzene rings is 2. The Kier molecular flexibility index (Phi) is 7.73. The monoisotopic (exact) mass is 467 g/mol. The summed E-state index contributed by atoms with van der Waals surface area (Å²) in [5.74, 6) is -0.776. The van der Waals surface area contributed by atoms with Gasteiger partial charge in [0.2, 0.25) is 21.8 Å². The van der Waals surface area contributed by atoms with Crippen molar-refractivity contribution >= 4 is 43.5 Å². The van der Waals surface area contributed by atoms with Gasteiger partial charge in [-0.2, -0.15) is 0 Å². The zero-order chi connectivity index (χ0) is 20.7. The average molecular weight is 468 g/mol. The molecule has 0 saturated heterocycles. The number of nitrogens with one attached hydrogen (secondary N) is 3. The molecule has 28 heavy (non-hydrogen) atoms. The van der Waals surface area contributed by atoms with Gasteiger partial charge < -0.3 is 10.6 Å². The number of rotatable bonds is 8. The van der Waals surface area contributed by atoms with E-state index in [-0.39, 0.29) is 30.3 Å². The molecule has 0 heterocycles. The molecule has 0 aliphatic carbocycles. The van der Waals surface area contributed by atoms with Gasteiger partial charge in [-0.05, 0) is 59.1 Å². The summed E-state index contributed by atoms with van der Waals surface area (Å²) >= 11 is 3.19. The van der Waals surface area contributed by atoms with Crippen molar-refractivity contribution in [3.8, 4) is 0 Å². The number of carbonyl (C=O) groups is 2. The number of hydrogen-bond acceptors (Lipinski definition) is 4. The molecule has 3 N–H and O–H groups in total. The summed E-state index contributed by atoms with van der Waals surface area (Å²) in [7, 11) is -3.72. The Morgan fingerprint density at radius 1 is 1.00 bits per heavy atom. The summed E-state index contributed by atoms with van der Waals surface area (Å²) in [6, 6.07) is 12.0. The molecule has 2 aromatic carbocycles. The lowest BCUT2D eigenvalue weighted by Gasteiger charge is -2.11. The molecule has 2 amide bonds. The second kappa shape index (κ2) is 9.81. The van der Waals surface area contributed by atoms with Gasteiger partial charge in [0.25, 0.3) is 0 Å². The van der Waals surface area contributed by atoms with Crippen LogP contribution in [0, 0.1) is 13.8 Å². The lowest BCUT2D eigenvalue weighted by Crippen LogP contribution is -2.35. The quantitative estimate of drug-likeness (QED) is 0.554. The Bertz CT molecular complexity index is 977. The molecule has 9 heteroatoms. The van der Waals surface area contributed by atoms with Crippen LogP contribution in [0.15, 0.2) is 51.8 Å². The third-order valence-electron chi connectivity index (χ3n) is 4.10. The molecular formula is C19H22BrN3O4S. The van der Waals surface area contributed by atoms with Crippen LogP contribution in [-0.4, -0.2) is 33.3 Å². The first-order valence-electron chi connectivity index (χ1n) is 8.57. The predicted octanol–water partition coefficient (Wildman–Crippen LogP) is 2.49. The Labute approximate surface area is 173 Å². The molecule has 0 unspecified atom stereocenters. The Balaban J connectivity index is 1.78. The molecule has 2 aromatic rings. The molecule has 0 aliphatic rings. The fourth-order valence-corrected chi connectivity index (χ4v) is 4.42. The van der Waals surface area contributed by atoms with Crippen LogP contribution >= 0.6 is 15.9 Å². The Hall–Kier alpha value is -2.23. The minimum atomic E-state index is -3.72. The van der Waals surface area contributed by atoms with E-state index < -0.39 is 15.9 Å². The Morgan fingerprint density at radius 3 is 2.43 bits per heavy atom. The SMILES string of the molecule is Cc1cccc(NC(=O)CNC(=O)CCNS(=O)(=O)c2ccccc2Br)c1C. The number of halogens is 1. The highest BCUT2D eigenvalue weighted by Crippen LogP contribution is 2.20. The minimum Gasteiger partial charge on any atom is -0.347 e. The lowest BCUT2D eigenvalue weighted by molar-refractivity contribution is -0.124. The van der Waals surface area contributed by atoms with E-state index in [2.05, 4.69) is 31.3 Å². The van der Waals surface area contributed by atoms with Crippen LogP contribution < -0.4 is 15.4 Å². The van der Waals surface area contributed by atoms with Crippen molar-refractivity contribution in [3.05, 3.63) is 58.1 Å². The zero-order valence-electron chi connectivity index (χ0n) is 15.6. The molecule has 0 bridgehead atoms. The van der Waals surface area contributed by atoms with E-state index in [4.69, 9.17) is 0 Å². The normalized spacial score (nSPS) is 11.1. The van der Waals surface area contributed by atoms with Crippen LogP contribution in [-0.2, 0) is 19.6 Å². The maximum Gasteiger partial charge on any atom is 0.243 e. The molecule has 0 atom stereocenters. The van der Waals surface area contributed by atoms with Gasteiger partial charge in [0.1, 0.15) is 0 Å². The lowest BCUT2D eigenvalue weighted by atomic mass is 10.1. The van der Waals surface area contributed by atoms with E-state index >= 15 is 0 Å². The van der Waals surface area contributed by atoms with Crippen LogP contribution in [0.5, 0.6) is 0 Å². The standard InChI is InChI=1S/C19H22BrN3O4S/c1-13-6-5-8-16(14(13)2)23-19(25)12-21-18(24)10-11-22-28(26,27)17-9-4-3-7-15(17)20/h3-9,22H,10-12H2,1-2H3,(H,21,24)(H,23,25). The number of anilines is 1. The molecule has 0 fully saturated rings. The first-order chi connectivity index (χ1) is 13.2. The largest absolute Gasteiger partial charge is 0.347 e. The fourth-order valence-electron chi connectivity index (χ4n) is 2.39. The highest BCUT2D eigenvalue weighted by Gasteiger charge is 2.17. The molecule has 2 rings (SSSR count). The molecule has 150 valence electrons. The van der Waals surface area contributed by atoms with E-state index in [0.29, 0.717) is 10.2 Å². The molecular weight excluding hydrogens is 446 g/mol. The topological polar surface area (TPSA) is 104 Å². The van der Waals surface area contributed by atoms with Gasteiger partial charge in [-0.25, -0.2) is 13.1 Å². The van der Waals surface area contributed by atoms with Crippen molar-refractivity contribution in [2.24, 2.45) is 0 Å². The van der Waals surface area contributed by atoms with E-state index in [1.54, 1.807) is 24.3 Å². The number of sulfonamides is 1. The van der Waals surface area contributed by atoms with Gasteiger partial charge in [-0.3, -0.25) is 9.59 Å². The molecule has 7 nitrogen and oxygen atoms in total. The number of hydrogen-bond donors (Lipinski definition) is 3. The second-order valence-electron chi connectivity index (χ2n) is 6.15. The first kappa shape index (κ1) is 22.1. The van der Waals surface area contributed by atoms with Crippen molar-refractivity contribution < 1.29 is 18.0 Å². The fraction of sp³-hybridized carbons (Fsp3) is 0.263. The van der Waals surface area contributed by atoms with Crippen LogP contribution in [0.3, 0.4) is 0 Å². The summed E-state index contributed by atoms with van der Waals surface area (Å²) in [6.07, 6.45) is -0.0829. The van der Waals surface area contributed by atoms with Crippen molar-refractivity contribution in [2.75, 3.05) is 18.4 Å². The number of carbonyl (C=O) groups excluding carboxylic acids is 2. The van der Waals surface area contributed by atoms with Crippen LogP contribution in [0.2, 0.25) is 0 Å². The van der Waals surface area contributed by atoms with E-state index in [0.717, 1.165) is 11.1 Å². The molecule has 0 aliphatic heterocycles. The van der Waals surface area contributed by atoms with Gasteiger partial charge in [0.15, 0.2) is 0 Å². The van der Waals surface area contributed by atoms with Crippen molar-refractivity contribution in [1.29, 1.82) is 0 Å². The van der Waals surface area contributed by atoms with Crippen LogP contribution in [0.4, 0.5) is 5.69 Å². The van der Waals surface area contributed by atoms with Crippen LogP contribution in [0.25, 0.3) is 0 Å². The number of amides is 2. The van der Waals surface area contributed by atoms with Crippen LogP contribution in [0.1, 0.15) is 17.5 Å². The van der Waals surface area contributed by atoms with Crippen molar-refractivity contribution in [1.82, 2.24) is 10.0 Å². The van der Waals surface area contributed by atoms with Gasteiger partial charge in [0, 0.05) is 23.1 Å². The maximum atomic E-state index is 12.2. The highest BCUT2D eigenvalue weighted by atomic mass is 79.9. The minimum absolute atomic E-state index is 0.0753. The molecule has 0 radical (unpaired) electrons. The Morgan fingerprint density at radius 2 is 1.71 bits per heavy atom. The van der Waals surface area contributed by atoms with Gasteiger partial charge in [-0.15, -0.1) is 0 Å². The van der Waals surface area contributed by atoms with Crippen molar-refractivity contribution in [3.63, 3.8) is 0 Å². The van der Waals surface area contributed by atoms with Crippen molar-refractivity contribution in [2.45, 2.75) is 25.2 Å². The molecule has 0 saturated carbocycles. The van der Waals surface area contributed by atoms with E-state index in [1.807, 2.05) is 26.0 Å². The summed E-state index contributed by atoms with van der Waals surface area (Å²) in [6.45, 7) is 3.58. The third-order valence-corrected chi connectivity index (χ3v) is 6.57. The zero-order valence-corrected chi connectivity index (χ0v) is 18.0. The summed E-state index contributed by atoms with van der Waals surface area (Å²) in [4.78, 5) is 24.0. The third kappa shape index (κ3) is 6.15. The molecule has 0 spiro atoms. The second-order valence-corrected chi connectivity index (χ2v) is 8.74. The summed E-state index contributed by atoms with van der Waals surface area (Å²) in [5, 5.41) is 5.22. The highest BCUT2D eigenvalue weighted by molar-refractivity contribution is 9.10. The number of aryl methyl sites for hydroxylation is 1. The van der Waals surface area contributed by atoms with Gasteiger partial charge in [-0.1, -0.05) is 24.3 Å². The van der Waals surface area contributed by atoms with E-state index in [9.17, 15) is 18.0 Å². The molecule has 0 aromatic heterocycles. The van der Waals surface area contributed by atoms with Gasteiger partial charge >= 0.3 is 0 Å².